The quantitative estimate of drug-likeness (QED) is 0.416. The van der Waals surface area contributed by atoms with Crippen molar-refractivity contribution in [2.45, 2.75) is 0 Å². The summed E-state index contributed by atoms with van der Waals surface area (Å²) in [4.78, 5) is 33.6. The SMILES string of the molecule is Nc1ccc(-c2cc(-c3ccco3)c3c(=O)n(-c4cccc(Cl)c4)c(=O)[nH]c3n2)cc1. The Balaban J connectivity index is 1.86. The number of halogens is 1. The van der Waals surface area contributed by atoms with Crippen molar-refractivity contribution in [1.82, 2.24) is 14.5 Å². The maximum atomic E-state index is 13.5. The van der Waals surface area contributed by atoms with E-state index in [1.165, 1.54) is 6.26 Å². The fourth-order valence-corrected chi connectivity index (χ4v) is 3.68. The van der Waals surface area contributed by atoms with Gasteiger partial charge in [-0.3, -0.25) is 9.78 Å². The molecule has 31 heavy (non-hydrogen) atoms. The first-order chi connectivity index (χ1) is 15.0. The summed E-state index contributed by atoms with van der Waals surface area (Å²) < 4.78 is 6.61. The summed E-state index contributed by atoms with van der Waals surface area (Å²) in [7, 11) is 0. The standard InChI is InChI=1S/C23H15ClN4O3/c24-14-3-1-4-16(11-14)28-22(29)20-17(19-5-2-10-31-19)12-18(26-21(20)27-23(28)30)13-6-8-15(25)9-7-13/h1-12H,25H2,(H,26,27,30). The van der Waals surface area contributed by atoms with E-state index in [1.54, 1.807) is 54.6 Å². The predicted octanol–water partition coefficient (Wildman–Crippen LogP) is 4.24. The zero-order valence-corrected chi connectivity index (χ0v) is 16.8. The summed E-state index contributed by atoms with van der Waals surface area (Å²) in [5.74, 6) is 0.478. The summed E-state index contributed by atoms with van der Waals surface area (Å²) in [5.41, 5.74) is 7.64. The Morgan fingerprint density at radius 2 is 1.81 bits per heavy atom. The summed E-state index contributed by atoms with van der Waals surface area (Å²) in [6.07, 6.45) is 1.52. The molecule has 3 heterocycles. The number of nitrogen functional groups attached to an aromatic ring is 1. The minimum Gasteiger partial charge on any atom is -0.464 e. The van der Waals surface area contributed by atoms with Gasteiger partial charge in [0.05, 0.1) is 23.0 Å². The topological polar surface area (TPSA) is 107 Å². The number of nitrogens with zero attached hydrogens (tertiary/aromatic N) is 2. The number of anilines is 1. The van der Waals surface area contributed by atoms with Crippen LogP contribution in [0.3, 0.4) is 0 Å². The van der Waals surface area contributed by atoms with Crippen LogP contribution in [-0.4, -0.2) is 14.5 Å². The van der Waals surface area contributed by atoms with E-state index < -0.39 is 11.2 Å². The third kappa shape index (κ3) is 3.31. The molecule has 0 fully saturated rings. The number of hydrogen-bond donors (Lipinski definition) is 2. The molecule has 0 atom stereocenters. The molecule has 0 saturated carbocycles. The molecule has 8 heteroatoms. The van der Waals surface area contributed by atoms with Gasteiger partial charge in [-0.15, -0.1) is 0 Å². The lowest BCUT2D eigenvalue weighted by molar-refractivity contribution is 0.583. The lowest BCUT2D eigenvalue weighted by Crippen LogP contribution is -2.34. The summed E-state index contributed by atoms with van der Waals surface area (Å²) >= 11 is 6.07. The minimum atomic E-state index is -0.618. The van der Waals surface area contributed by atoms with Crippen molar-refractivity contribution in [3.8, 4) is 28.3 Å². The molecule has 3 N–H and O–H groups in total. The Kier molecular flexibility index (Phi) is 4.45. The van der Waals surface area contributed by atoms with Crippen LogP contribution in [0.2, 0.25) is 5.02 Å². The van der Waals surface area contributed by atoms with Crippen LogP contribution < -0.4 is 17.0 Å². The van der Waals surface area contributed by atoms with Gasteiger partial charge >= 0.3 is 5.69 Å². The molecule has 0 amide bonds. The fraction of sp³-hybridized carbons (Fsp3) is 0. The van der Waals surface area contributed by atoms with Crippen LogP contribution in [0.25, 0.3) is 39.3 Å². The van der Waals surface area contributed by atoms with Gasteiger partial charge in [-0.1, -0.05) is 29.8 Å². The van der Waals surface area contributed by atoms with E-state index in [4.69, 9.17) is 21.8 Å². The van der Waals surface area contributed by atoms with E-state index >= 15 is 0 Å². The lowest BCUT2D eigenvalue weighted by atomic mass is 10.0. The smallest absolute Gasteiger partial charge is 0.334 e. The maximum absolute atomic E-state index is 13.5. The molecular weight excluding hydrogens is 416 g/mol. The number of nitrogens with two attached hydrogens (primary N) is 1. The van der Waals surface area contributed by atoms with E-state index in [2.05, 4.69) is 9.97 Å². The molecule has 2 aromatic carbocycles. The molecule has 0 aliphatic heterocycles. The fourth-order valence-electron chi connectivity index (χ4n) is 3.49. The first-order valence-electron chi connectivity index (χ1n) is 9.37. The van der Waals surface area contributed by atoms with Crippen molar-refractivity contribution in [2.24, 2.45) is 0 Å². The lowest BCUT2D eigenvalue weighted by Gasteiger charge is -2.11. The first kappa shape index (κ1) is 18.9. The molecule has 0 spiro atoms. The minimum absolute atomic E-state index is 0.161. The zero-order valence-electron chi connectivity index (χ0n) is 16.0. The highest BCUT2D eigenvalue weighted by Gasteiger charge is 2.18. The molecule has 3 aromatic heterocycles. The van der Waals surface area contributed by atoms with Gasteiger partial charge in [0.2, 0.25) is 0 Å². The molecule has 5 rings (SSSR count). The van der Waals surface area contributed by atoms with Gasteiger partial charge in [0.15, 0.2) is 0 Å². The maximum Gasteiger partial charge on any atom is 0.334 e. The monoisotopic (exact) mass is 430 g/mol. The van der Waals surface area contributed by atoms with Gasteiger partial charge in [-0.25, -0.2) is 14.3 Å². The second kappa shape index (κ2) is 7.30. The molecule has 0 saturated heterocycles. The second-order valence-corrected chi connectivity index (χ2v) is 7.36. The van der Waals surface area contributed by atoms with E-state index in [9.17, 15) is 9.59 Å². The number of aromatic amines is 1. The highest BCUT2D eigenvalue weighted by atomic mass is 35.5. The zero-order chi connectivity index (χ0) is 21.5. The first-order valence-corrected chi connectivity index (χ1v) is 9.75. The van der Waals surface area contributed by atoms with Crippen molar-refractivity contribution in [1.29, 1.82) is 0 Å². The van der Waals surface area contributed by atoms with Crippen molar-refractivity contribution in [3.63, 3.8) is 0 Å². The third-order valence-corrected chi connectivity index (χ3v) is 5.16. The number of pyridine rings is 1. The van der Waals surface area contributed by atoms with E-state index in [0.717, 1.165) is 10.1 Å². The van der Waals surface area contributed by atoms with Crippen molar-refractivity contribution in [2.75, 3.05) is 5.73 Å². The molecule has 0 radical (unpaired) electrons. The number of hydrogen-bond acceptors (Lipinski definition) is 5. The predicted molar refractivity (Wildman–Crippen MR) is 121 cm³/mol. The van der Waals surface area contributed by atoms with Crippen LogP contribution in [0.15, 0.2) is 87.0 Å². The number of nitrogens with one attached hydrogen (secondary N) is 1. The van der Waals surface area contributed by atoms with Gasteiger partial charge in [0, 0.05) is 21.8 Å². The van der Waals surface area contributed by atoms with Crippen LogP contribution in [0.4, 0.5) is 5.69 Å². The molecule has 7 nitrogen and oxygen atoms in total. The van der Waals surface area contributed by atoms with E-state index in [1.807, 2.05) is 12.1 Å². The van der Waals surface area contributed by atoms with Crippen LogP contribution >= 0.6 is 11.6 Å². The molecule has 0 unspecified atom stereocenters. The molecule has 0 aliphatic rings. The van der Waals surface area contributed by atoms with Crippen LogP contribution in [0.1, 0.15) is 0 Å². The van der Waals surface area contributed by atoms with E-state index in [0.29, 0.717) is 33.4 Å². The van der Waals surface area contributed by atoms with Crippen LogP contribution in [0.5, 0.6) is 0 Å². The number of benzene rings is 2. The number of H-pyrrole nitrogens is 1. The Labute approximate surface area is 180 Å². The van der Waals surface area contributed by atoms with Crippen molar-refractivity contribution >= 4 is 28.3 Å². The van der Waals surface area contributed by atoms with Gasteiger partial charge < -0.3 is 10.2 Å². The number of furan rings is 1. The van der Waals surface area contributed by atoms with Gasteiger partial charge in [-0.2, -0.15) is 0 Å². The third-order valence-electron chi connectivity index (χ3n) is 4.92. The molecule has 0 aliphatic carbocycles. The van der Waals surface area contributed by atoms with Gasteiger partial charge in [-0.05, 0) is 48.5 Å². The van der Waals surface area contributed by atoms with Crippen molar-refractivity contribution in [3.05, 3.63) is 98.9 Å². The molecular formula is C23H15ClN4O3. The van der Waals surface area contributed by atoms with Crippen molar-refractivity contribution < 1.29 is 4.42 Å². The van der Waals surface area contributed by atoms with Crippen LogP contribution in [0, 0.1) is 0 Å². The highest BCUT2D eigenvalue weighted by molar-refractivity contribution is 6.30. The largest absolute Gasteiger partial charge is 0.464 e. The average molecular weight is 431 g/mol. The second-order valence-electron chi connectivity index (χ2n) is 6.93. The average Bonchev–Trinajstić information content (AvgIpc) is 3.28. The Hall–Kier alpha value is -4.10. The highest BCUT2D eigenvalue weighted by Crippen LogP contribution is 2.30. The number of aromatic nitrogens is 3. The van der Waals surface area contributed by atoms with Crippen LogP contribution in [-0.2, 0) is 0 Å². The summed E-state index contributed by atoms with van der Waals surface area (Å²) in [6.45, 7) is 0. The van der Waals surface area contributed by atoms with Gasteiger partial charge in [0.25, 0.3) is 5.56 Å². The molecule has 5 aromatic rings. The Morgan fingerprint density at radius 3 is 2.52 bits per heavy atom. The summed E-state index contributed by atoms with van der Waals surface area (Å²) in [6, 6.07) is 18.9. The number of rotatable bonds is 3. The van der Waals surface area contributed by atoms with Gasteiger partial charge in [0.1, 0.15) is 11.4 Å². The molecule has 152 valence electrons. The summed E-state index contributed by atoms with van der Waals surface area (Å²) in [5, 5.41) is 0.640. The molecule has 0 bridgehead atoms. The Morgan fingerprint density at radius 1 is 1.00 bits per heavy atom. The normalized spacial score (nSPS) is 11.1. The Bertz CT molecular complexity index is 1530. The number of fused-ring (bicyclic) bond motifs is 1. The van der Waals surface area contributed by atoms with E-state index in [-0.39, 0.29) is 11.0 Å².